The van der Waals surface area contributed by atoms with Crippen LogP contribution in [-0.2, 0) is 4.79 Å². The topological polar surface area (TPSA) is 76.7 Å². The third-order valence-electron chi connectivity index (χ3n) is 0.352. The summed E-state index contributed by atoms with van der Waals surface area (Å²) >= 11 is 0. The third-order valence-corrected chi connectivity index (χ3v) is 0.352. The summed E-state index contributed by atoms with van der Waals surface area (Å²) in [5, 5.41) is 14.4. The van der Waals surface area contributed by atoms with E-state index in [0.29, 0.717) is 0 Å². The molecule has 0 unspecified atom stereocenters. The highest BCUT2D eigenvalue weighted by molar-refractivity contribution is 5.72. The van der Waals surface area contributed by atoms with Crippen LogP contribution in [0.4, 0.5) is 0 Å². The maximum atomic E-state index is 9.70. The first-order valence-corrected chi connectivity index (χ1v) is 1.65. The number of carbonyl (C=O) groups is 1. The molecule has 0 aromatic carbocycles. The summed E-state index contributed by atoms with van der Waals surface area (Å²) in [5.41, 5.74) is 0. The number of hydrogen-bond donors (Lipinski definition) is 1. The Bertz CT molecular complexity index is 67.8. The summed E-state index contributed by atoms with van der Waals surface area (Å²) in [6, 6.07) is 0. The Morgan fingerprint density at radius 3 is 1.71 bits per heavy atom. The summed E-state index contributed by atoms with van der Waals surface area (Å²) in [5.74, 6) is 0.00463. The number of carbonyl (C=O) groups excluding carboxylic acids is 1. The van der Waals surface area contributed by atoms with Gasteiger partial charge in [-0.15, -0.1) is 0 Å². The van der Waals surface area contributed by atoms with Crippen molar-refractivity contribution in [1.82, 2.24) is 5.32 Å². The summed E-state index contributed by atoms with van der Waals surface area (Å²) in [4.78, 5) is 9.70. The van der Waals surface area contributed by atoms with Crippen molar-refractivity contribution in [2.75, 3.05) is 7.05 Å². The van der Waals surface area contributed by atoms with E-state index in [1.807, 2.05) is 0 Å². The number of hydrogen-bond acceptors (Lipinski definition) is 3. The minimum absolute atomic E-state index is 0.00463. The predicted octanol–water partition coefficient (Wildman–Crippen LogP) is -0.218. The fraction of sp³-hybridized carbons (Fsp3) is 0.667. The van der Waals surface area contributed by atoms with Crippen molar-refractivity contribution in [2.24, 2.45) is 0 Å². The fourth-order valence-corrected chi connectivity index (χ4v) is 0. The van der Waals surface area contributed by atoms with E-state index in [2.05, 4.69) is 5.32 Å². The Balaban J connectivity index is 0. The van der Waals surface area contributed by atoms with Crippen LogP contribution in [0.15, 0.2) is 0 Å². The zero-order valence-corrected chi connectivity index (χ0v) is 4.30. The second-order valence-electron chi connectivity index (χ2n) is 0.806. The lowest BCUT2D eigenvalue weighted by Crippen LogP contribution is -2.11. The molecule has 0 aliphatic heterocycles. The Kier molecular flexibility index (Phi) is 11.8. The Morgan fingerprint density at radius 1 is 1.57 bits per heavy atom. The van der Waals surface area contributed by atoms with Crippen molar-refractivity contribution in [1.29, 1.82) is 10.8 Å². The van der Waals surface area contributed by atoms with E-state index in [9.17, 15) is 4.79 Å². The van der Waals surface area contributed by atoms with Crippen molar-refractivity contribution in [3.8, 4) is 0 Å². The Labute approximate surface area is 41.9 Å². The molecule has 1 N–H and O–H groups in total. The van der Waals surface area contributed by atoms with E-state index in [-0.39, 0.29) is 5.91 Å². The van der Waals surface area contributed by atoms with Gasteiger partial charge in [-0.25, -0.2) is 0 Å². The van der Waals surface area contributed by atoms with Crippen LogP contribution in [0.1, 0.15) is 6.92 Å². The van der Waals surface area contributed by atoms with Gasteiger partial charge in [0.25, 0.3) is 0 Å². The van der Waals surface area contributed by atoms with Crippen LogP contribution >= 0.6 is 0 Å². The smallest absolute Gasteiger partial charge is 0.216 e. The van der Waals surface area contributed by atoms with Crippen molar-refractivity contribution < 1.29 is 4.79 Å². The average Bonchev–Trinajstić information content (AvgIpc) is 1.73. The molecule has 0 saturated carbocycles. The first-order chi connectivity index (χ1) is 3.27. The number of nitrogens with zero attached hydrogens (tertiary/aromatic N) is 2. The lowest BCUT2D eigenvalue weighted by atomic mass is 10.7. The van der Waals surface area contributed by atoms with Gasteiger partial charge in [-0.1, -0.05) is 0 Å². The molecule has 0 radical (unpaired) electrons. The van der Waals surface area contributed by atoms with E-state index in [1.54, 1.807) is 7.05 Å². The van der Waals surface area contributed by atoms with Gasteiger partial charge in [0.2, 0.25) is 5.91 Å². The Morgan fingerprint density at radius 2 is 1.71 bits per heavy atom. The van der Waals surface area contributed by atoms with Gasteiger partial charge in [0.1, 0.15) is 0 Å². The van der Waals surface area contributed by atoms with Gasteiger partial charge in [-0.05, 0) is 0 Å². The number of rotatable bonds is 0. The van der Waals surface area contributed by atoms with Crippen LogP contribution in [-0.4, -0.2) is 13.0 Å². The largest absolute Gasteiger partial charge is 0.359 e. The average molecular weight is 101 g/mol. The van der Waals surface area contributed by atoms with Crippen LogP contribution in [0.2, 0.25) is 0 Å². The molecule has 0 aromatic heterocycles. The first kappa shape index (κ1) is 9.31. The van der Waals surface area contributed by atoms with E-state index in [0.717, 1.165) is 0 Å². The minimum atomic E-state index is 0.00463. The standard InChI is InChI=1S/C3H7NO.N2/c1-3(5)4-2;1-2/h1-2H3,(H,4,5);. The highest BCUT2D eigenvalue weighted by atomic mass is 16.1. The van der Waals surface area contributed by atoms with Gasteiger partial charge in [0.05, 0.1) is 0 Å². The van der Waals surface area contributed by atoms with Crippen molar-refractivity contribution >= 4 is 5.91 Å². The highest BCUT2D eigenvalue weighted by Gasteiger charge is 1.72. The molecule has 0 aliphatic carbocycles. The molecular formula is C3H7N3O. The molecule has 0 bridgehead atoms. The summed E-state index contributed by atoms with van der Waals surface area (Å²) in [6.07, 6.45) is 0. The molecule has 0 rings (SSSR count). The predicted molar refractivity (Wildman–Crippen MR) is 23.2 cm³/mol. The lowest BCUT2D eigenvalue weighted by molar-refractivity contribution is -0.118. The molecule has 0 heterocycles. The zero-order chi connectivity index (χ0) is 6.28. The Hall–Kier alpha value is -1.11. The first-order valence-electron chi connectivity index (χ1n) is 1.65. The van der Waals surface area contributed by atoms with Crippen molar-refractivity contribution in [3.63, 3.8) is 0 Å². The van der Waals surface area contributed by atoms with Crippen molar-refractivity contribution in [2.45, 2.75) is 6.92 Å². The summed E-state index contributed by atoms with van der Waals surface area (Å²) in [7, 11) is 1.60. The molecule has 4 nitrogen and oxygen atoms in total. The van der Waals surface area contributed by atoms with Crippen LogP contribution in [0.5, 0.6) is 0 Å². The second kappa shape index (κ2) is 8.86. The van der Waals surface area contributed by atoms with Crippen LogP contribution < -0.4 is 5.32 Å². The van der Waals surface area contributed by atoms with Gasteiger partial charge in [-0.3, -0.25) is 4.79 Å². The normalized spacial score (nSPS) is 5.14. The molecule has 0 aromatic rings. The molecule has 7 heavy (non-hydrogen) atoms. The van der Waals surface area contributed by atoms with Gasteiger partial charge in [-0.2, -0.15) is 0 Å². The minimum Gasteiger partial charge on any atom is -0.359 e. The summed E-state index contributed by atoms with van der Waals surface area (Å²) < 4.78 is 0. The van der Waals surface area contributed by atoms with Gasteiger partial charge < -0.3 is 5.32 Å². The maximum absolute atomic E-state index is 9.70. The van der Waals surface area contributed by atoms with Crippen LogP contribution in [0, 0.1) is 10.8 Å². The molecule has 0 atom stereocenters. The van der Waals surface area contributed by atoms with Gasteiger partial charge >= 0.3 is 0 Å². The monoisotopic (exact) mass is 101 g/mol. The van der Waals surface area contributed by atoms with Gasteiger partial charge in [0.15, 0.2) is 0 Å². The zero-order valence-electron chi connectivity index (χ0n) is 4.30. The van der Waals surface area contributed by atoms with E-state index >= 15 is 0 Å². The third kappa shape index (κ3) is 51.6. The highest BCUT2D eigenvalue weighted by Crippen LogP contribution is 1.45. The quantitative estimate of drug-likeness (QED) is 0.428. The molecular weight excluding hydrogens is 94.1 g/mol. The van der Waals surface area contributed by atoms with Crippen LogP contribution in [0.25, 0.3) is 0 Å². The number of amides is 1. The SMILES string of the molecule is CNC(C)=O.N#N. The maximum Gasteiger partial charge on any atom is 0.216 e. The summed E-state index contributed by atoms with van der Waals surface area (Å²) in [6.45, 7) is 1.47. The lowest BCUT2D eigenvalue weighted by Gasteiger charge is -1.80. The van der Waals surface area contributed by atoms with E-state index in [4.69, 9.17) is 10.8 Å². The van der Waals surface area contributed by atoms with Crippen LogP contribution in [0.3, 0.4) is 0 Å². The van der Waals surface area contributed by atoms with E-state index in [1.165, 1.54) is 6.92 Å². The van der Waals surface area contributed by atoms with Crippen molar-refractivity contribution in [3.05, 3.63) is 0 Å². The number of nitrogens with one attached hydrogen (secondary N) is 1. The molecule has 0 spiro atoms. The van der Waals surface area contributed by atoms with Gasteiger partial charge in [0, 0.05) is 24.8 Å². The second-order valence-corrected chi connectivity index (χ2v) is 0.806. The molecule has 4 heteroatoms. The molecule has 40 valence electrons. The molecule has 1 amide bonds. The van der Waals surface area contributed by atoms with E-state index < -0.39 is 0 Å². The fourth-order valence-electron chi connectivity index (χ4n) is 0. The molecule has 0 fully saturated rings. The molecule has 0 saturated heterocycles. The molecule has 0 aliphatic rings.